The molecule has 0 radical (unpaired) electrons. The molecule has 0 heterocycles. The van der Waals surface area contributed by atoms with Gasteiger partial charge >= 0.3 is 6.18 Å². The number of rotatable bonds is 6. The van der Waals surface area contributed by atoms with Gasteiger partial charge in [0.05, 0.1) is 18.0 Å². The lowest BCUT2D eigenvalue weighted by molar-refractivity contribution is -0.137. The van der Waals surface area contributed by atoms with Gasteiger partial charge in [0.25, 0.3) is 0 Å². The highest BCUT2D eigenvalue weighted by Crippen LogP contribution is 2.29. The molecule has 0 bridgehead atoms. The van der Waals surface area contributed by atoms with Gasteiger partial charge < -0.3 is 5.32 Å². The second kappa shape index (κ2) is 8.39. The Hall–Kier alpha value is -2.30. The molecule has 0 aliphatic rings. The number of hydrogen-bond acceptors (Lipinski definition) is 1. The van der Waals surface area contributed by atoms with Gasteiger partial charge in [-0.3, -0.25) is 4.79 Å². The molecule has 0 unspecified atom stereocenters. The molecule has 2 nitrogen and oxygen atoms in total. The van der Waals surface area contributed by atoms with Crippen molar-refractivity contribution in [3.05, 3.63) is 70.8 Å². The monoisotopic (exact) mass is 363 g/mol. The summed E-state index contributed by atoms with van der Waals surface area (Å²) in [5.74, 6) is 0.272. The molecular formula is C21H24F3NO. The van der Waals surface area contributed by atoms with Crippen LogP contribution in [0.5, 0.6) is 0 Å². The Balaban J connectivity index is 1.97. The number of carbonyl (C=O) groups excluding carboxylic acids is 1. The minimum Gasteiger partial charge on any atom is -0.349 e. The number of halogens is 3. The fraction of sp³-hybridized carbons (Fsp3) is 0.381. The topological polar surface area (TPSA) is 29.1 Å². The zero-order valence-corrected chi connectivity index (χ0v) is 15.2. The zero-order valence-electron chi connectivity index (χ0n) is 15.2. The molecule has 5 heteroatoms. The van der Waals surface area contributed by atoms with Crippen LogP contribution in [0.15, 0.2) is 48.5 Å². The average molecular weight is 363 g/mol. The van der Waals surface area contributed by atoms with Gasteiger partial charge in [0.1, 0.15) is 0 Å². The molecule has 0 fully saturated rings. The van der Waals surface area contributed by atoms with Crippen LogP contribution >= 0.6 is 0 Å². The highest BCUT2D eigenvalue weighted by molar-refractivity contribution is 5.79. The van der Waals surface area contributed by atoms with Crippen molar-refractivity contribution in [3.8, 4) is 0 Å². The summed E-state index contributed by atoms with van der Waals surface area (Å²) in [6.07, 6.45) is -3.49. The summed E-state index contributed by atoms with van der Waals surface area (Å²) in [4.78, 5) is 12.2. The molecule has 0 aliphatic carbocycles. The lowest BCUT2D eigenvalue weighted by atomic mass is 10.00. The number of carbonyl (C=O) groups is 1. The van der Waals surface area contributed by atoms with Crippen molar-refractivity contribution in [1.29, 1.82) is 0 Å². The molecule has 0 saturated heterocycles. The van der Waals surface area contributed by atoms with E-state index in [9.17, 15) is 18.0 Å². The van der Waals surface area contributed by atoms with Crippen LogP contribution in [0.2, 0.25) is 0 Å². The van der Waals surface area contributed by atoms with Gasteiger partial charge in [-0.1, -0.05) is 56.3 Å². The van der Waals surface area contributed by atoms with Crippen molar-refractivity contribution in [2.75, 3.05) is 0 Å². The molecule has 2 aromatic carbocycles. The van der Waals surface area contributed by atoms with Gasteiger partial charge in [0, 0.05) is 0 Å². The van der Waals surface area contributed by atoms with Crippen LogP contribution in [-0.4, -0.2) is 5.91 Å². The summed E-state index contributed by atoms with van der Waals surface area (Å²) in [6, 6.07) is 12.7. The van der Waals surface area contributed by atoms with E-state index in [2.05, 4.69) is 19.2 Å². The van der Waals surface area contributed by atoms with Crippen LogP contribution in [0.25, 0.3) is 0 Å². The second-order valence-electron chi connectivity index (χ2n) is 7.00. The van der Waals surface area contributed by atoms with Gasteiger partial charge in [0.2, 0.25) is 5.91 Å². The maximum Gasteiger partial charge on any atom is 0.416 e. The smallest absolute Gasteiger partial charge is 0.349 e. The zero-order chi connectivity index (χ0) is 19.3. The molecule has 1 N–H and O–H groups in total. The van der Waals surface area contributed by atoms with Crippen LogP contribution in [0.1, 0.15) is 49.1 Å². The van der Waals surface area contributed by atoms with Crippen LogP contribution in [0.3, 0.4) is 0 Å². The number of nitrogens with one attached hydrogen (secondary N) is 1. The normalized spacial score (nSPS) is 12.9. The van der Waals surface area contributed by atoms with Crippen LogP contribution < -0.4 is 5.32 Å². The third-order valence-electron chi connectivity index (χ3n) is 4.12. The van der Waals surface area contributed by atoms with Crippen LogP contribution in [-0.2, 0) is 23.8 Å². The third-order valence-corrected chi connectivity index (χ3v) is 4.12. The predicted molar refractivity (Wildman–Crippen MR) is 96.7 cm³/mol. The molecule has 2 aromatic rings. The molecule has 0 spiro atoms. The first-order valence-electron chi connectivity index (χ1n) is 8.69. The van der Waals surface area contributed by atoms with Crippen molar-refractivity contribution in [2.45, 2.75) is 45.8 Å². The van der Waals surface area contributed by atoms with Crippen LogP contribution in [0.4, 0.5) is 13.2 Å². The molecule has 26 heavy (non-hydrogen) atoms. The minimum absolute atomic E-state index is 0.0836. The predicted octanol–water partition coefficient (Wildman–Crippen LogP) is 5.32. The van der Waals surface area contributed by atoms with Crippen molar-refractivity contribution in [2.24, 2.45) is 5.92 Å². The fourth-order valence-corrected chi connectivity index (χ4v) is 2.83. The van der Waals surface area contributed by atoms with E-state index in [1.807, 2.05) is 31.2 Å². The molecule has 1 amide bonds. The largest absolute Gasteiger partial charge is 0.416 e. The highest BCUT2D eigenvalue weighted by Gasteiger charge is 2.30. The van der Waals surface area contributed by atoms with E-state index in [0.29, 0.717) is 11.5 Å². The van der Waals surface area contributed by atoms with E-state index in [-0.39, 0.29) is 18.4 Å². The maximum absolute atomic E-state index is 12.7. The van der Waals surface area contributed by atoms with Gasteiger partial charge in [-0.2, -0.15) is 13.2 Å². The van der Waals surface area contributed by atoms with Gasteiger partial charge in [-0.25, -0.2) is 0 Å². The number of alkyl halides is 3. The molecular weight excluding hydrogens is 339 g/mol. The number of hydrogen-bond donors (Lipinski definition) is 1. The summed E-state index contributed by atoms with van der Waals surface area (Å²) in [5, 5.41) is 2.84. The van der Waals surface area contributed by atoms with E-state index < -0.39 is 11.7 Å². The van der Waals surface area contributed by atoms with Crippen molar-refractivity contribution < 1.29 is 18.0 Å². The first-order valence-corrected chi connectivity index (χ1v) is 8.69. The van der Waals surface area contributed by atoms with Crippen molar-refractivity contribution in [1.82, 2.24) is 5.32 Å². The van der Waals surface area contributed by atoms with Crippen molar-refractivity contribution in [3.63, 3.8) is 0 Å². The lowest BCUT2D eigenvalue weighted by Crippen LogP contribution is -2.28. The lowest BCUT2D eigenvalue weighted by Gasteiger charge is -2.16. The SMILES string of the molecule is CC(C)Cc1ccc([C@H](C)NC(=O)Cc2cccc(C(F)(F)F)c2)cc1. The highest BCUT2D eigenvalue weighted by atomic mass is 19.4. The molecule has 140 valence electrons. The van der Waals surface area contributed by atoms with Crippen LogP contribution in [0, 0.1) is 5.92 Å². The van der Waals surface area contributed by atoms with E-state index in [1.54, 1.807) is 0 Å². The molecule has 0 aromatic heterocycles. The standard InChI is InChI=1S/C21H24F3NO/c1-14(2)11-16-7-9-18(10-8-16)15(3)25-20(26)13-17-5-4-6-19(12-17)21(22,23)24/h4-10,12,14-15H,11,13H2,1-3H3,(H,25,26)/t15-/m0/s1. The summed E-state index contributed by atoms with van der Waals surface area (Å²) in [6.45, 7) is 6.18. The maximum atomic E-state index is 12.7. The van der Waals surface area contributed by atoms with E-state index >= 15 is 0 Å². The Kier molecular flexibility index (Phi) is 6.46. The number of amides is 1. The Morgan fingerprint density at radius 2 is 1.65 bits per heavy atom. The minimum atomic E-state index is -4.41. The van der Waals surface area contributed by atoms with Gasteiger partial charge in [-0.05, 0) is 42.0 Å². The first-order chi connectivity index (χ1) is 12.1. The summed E-state index contributed by atoms with van der Waals surface area (Å²) < 4.78 is 38.2. The Morgan fingerprint density at radius 3 is 2.23 bits per heavy atom. The van der Waals surface area contributed by atoms with E-state index in [4.69, 9.17) is 0 Å². The molecule has 1 atom stereocenters. The molecule has 2 rings (SSSR count). The Labute approximate surface area is 152 Å². The first kappa shape index (κ1) is 20.0. The molecule has 0 aliphatic heterocycles. The molecule has 0 saturated carbocycles. The third kappa shape index (κ3) is 5.90. The number of benzene rings is 2. The van der Waals surface area contributed by atoms with Gasteiger partial charge in [-0.15, -0.1) is 0 Å². The average Bonchev–Trinajstić information content (AvgIpc) is 2.54. The van der Waals surface area contributed by atoms with E-state index in [1.165, 1.54) is 17.7 Å². The Morgan fingerprint density at radius 1 is 1.00 bits per heavy atom. The summed E-state index contributed by atoms with van der Waals surface area (Å²) in [7, 11) is 0. The van der Waals surface area contributed by atoms with Crippen molar-refractivity contribution >= 4 is 5.91 Å². The second-order valence-corrected chi connectivity index (χ2v) is 7.00. The quantitative estimate of drug-likeness (QED) is 0.739. The van der Waals surface area contributed by atoms with Gasteiger partial charge in [0.15, 0.2) is 0 Å². The summed E-state index contributed by atoms with van der Waals surface area (Å²) in [5.41, 5.74) is 1.81. The van der Waals surface area contributed by atoms with E-state index in [0.717, 1.165) is 24.1 Å². The Bertz CT molecular complexity index is 736. The fourth-order valence-electron chi connectivity index (χ4n) is 2.83. The summed E-state index contributed by atoms with van der Waals surface area (Å²) >= 11 is 0.